The summed E-state index contributed by atoms with van der Waals surface area (Å²) in [5.74, 6) is -2.69. The summed E-state index contributed by atoms with van der Waals surface area (Å²) in [6, 6.07) is 0. The lowest BCUT2D eigenvalue weighted by Gasteiger charge is -2.11. The smallest absolute Gasteiger partial charge is 0.332 e. The lowest BCUT2D eigenvalue weighted by Crippen LogP contribution is -2.15. The highest BCUT2D eigenvalue weighted by Gasteiger charge is 2.22. The number of hydrogen-bond acceptors (Lipinski definition) is 2. The molecule has 0 aromatic rings. The van der Waals surface area contributed by atoms with E-state index in [1.165, 1.54) is 0 Å². The first-order valence-electron chi connectivity index (χ1n) is 4.61. The lowest BCUT2D eigenvalue weighted by molar-refractivity contribution is -0.136. The molecular formula is C11H16O4. The number of rotatable bonds is 5. The molecule has 84 valence electrons. The first kappa shape index (κ1) is 13.4. The normalized spacial score (nSPS) is 12.3. The van der Waals surface area contributed by atoms with Gasteiger partial charge in [-0.15, -0.1) is 0 Å². The van der Waals surface area contributed by atoms with Crippen LogP contribution in [0, 0.1) is 5.92 Å². The minimum absolute atomic E-state index is 0.0505. The number of carboxylic acid groups (broad SMARTS) is 2. The second kappa shape index (κ2) is 5.34. The summed E-state index contributed by atoms with van der Waals surface area (Å²) in [4.78, 5) is 21.8. The van der Waals surface area contributed by atoms with Crippen LogP contribution in [0.25, 0.3) is 0 Å². The third-order valence-corrected chi connectivity index (χ3v) is 1.87. The third kappa shape index (κ3) is 3.97. The summed E-state index contributed by atoms with van der Waals surface area (Å²) in [5.41, 5.74) is 0.502. The van der Waals surface area contributed by atoms with E-state index >= 15 is 0 Å². The Balaban J connectivity index is 5.45. The molecule has 0 spiro atoms. The zero-order valence-electron chi connectivity index (χ0n) is 9.20. The van der Waals surface area contributed by atoms with Crippen LogP contribution in [-0.2, 0) is 9.59 Å². The molecule has 0 radical (unpaired) electrons. The van der Waals surface area contributed by atoms with Crippen LogP contribution in [0.1, 0.15) is 27.2 Å². The van der Waals surface area contributed by atoms with Crippen molar-refractivity contribution in [3.05, 3.63) is 23.3 Å². The predicted octanol–water partition coefficient (Wildman–Crippen LogP) is 2.07. The molecular weight excluding hydrogens is 196 g/mol. The molecule has 0 aromatic heterocycles. The molecule has 15 heavy (non-hydrogen) atoms. The van der Waals surface area contributed by atoms with E-state index in [-0.39, 0.29) is 23.5 Å². The van der Waals surface area contributed by atoms with Gasteiger partial charge in [-0.1, -0.05) is 26.0 Å². The average molecular weight is 212 g/mol. The summed E-state index contributed by atoms with van der Waals surface area (Å²) in [6.07, 6.45) is 0.0924. The van der Waals surface area contributed by atoms with Crippen molar-refractivity contribution in [2.24, 2.45) is 5.92 Å². The number of aliphatic carboxylic acids is 2. The van der Waals surface area contributed by atoms with Crippen molar-refractivity contribution in [1.82, 2.24) is 0 Å². The van der Waals surface area contributed by atoms with Crippen molar-refractivity contribution in [2.45, 2.75) is 27.2 Å². The van der Waals surface area contributed by atoms with Crippen LogP contribution in [0.2, 0.25) is 0 Å². The van der Waals surface area contributed by atoms with Gasteiger partial charge in [-0.05, 0) is 12.8 Å². The van der Waals surface area contributed by atoms with E-state index in [1.54, 1.807) is 20.8 Å². The molecule has 2 N–H and O–H groups in total. The van der Waals surface area contributed by atoms with Gasteiger partial charge in [0.25, 0.3) is 0 Å². The highest BCUT2D eigenvalue weighted by atomic mass is 16.4. The van der Waals surface area contributed by atoms with Gasteiger partial charge >= 0.3 is 11.9 Å². The molecule has 0 aromatic carbocycles. The average Bonchev–Trinajstić information content (AvgIpc) is 2.00. The van der Waals surface area contributed by atoms with Crippen LogP contribution in [0.15, 0.2) is 23.3 Å². The van der Waals surface area contributed by atoms with Gasteiger partial charge in [0, 0.05) is 6.42 Å². The van der Waals surface area contributed by atoms with Crippen LogP contribution in [0.4, 0.5) is 0 Å². The van der Waals surface area contributed by atoms with E-state index in [4.69, 9.17) is 10.2 Å². The fraction of sp³-hybridized carbons (Fsp3) is 0.455. The van der Waals surface area contributed by atoms with E-state index in [9.17, 15) is 9.59 Å². The second-order valence-corrected chi connectivity index (χ2v) is 3.79. The Bertz CT molecular complexity index is 323. The van der Waals surface area contributed by atoms with Crippen LogP contribution in [0.5, 0.6) is 0 Å². The molecule has 4 nitrogen and oxygen atoms in total. The van der Waals surface area contributed by atoms with Gasteiger partial charge in [0.05, 0.1) is 11.1 Å². The van der Waals surface area contributed by atoms with Crippen LogP contribution < -0.4 is 0 Å². The van der Waals surface area contributed by atoms with E-state index < -0.39 is 11.9 Å². The minimum atomic E-state index is -1.19. The highest BCUT2D eigenvalue weighted by molar-refractivity contribution is 5.99. The Hall–Kier alpha value is -1.58. The van der Waals surface area contributed by atoms with Crippen LogP contribution in [0.3, 0.4) is 0 Å². The zero-order valence-corrected chi connectivity index (χ0v) is 9.20. The first-order valence-corrected chi connectivity index (χ1v) is 4.61. The van der Waals surface area contributed by atoms with Crippen molar-refractivity contribution in [3.63, 3.8) is 0 Å². The van der Waals surface area contributed by atoms with Gasteiger partial charge < -0.3 is 10.2 Å². The molecule has 0 unspecified atom stereocenters. The molecule has 0 bridgehead atoms. The monoisotopic (exact) mass is 212 g/mol. The van der Waals surface area contributed by atoms with Crippen LogP contribution >= 0.6 is 0 Å². The summed E-state index contributed by atoms with van der Waals surface area (Å²) in [7, 11) is 0. The van der Waals surface area contributed by atoms with Gasteiger partial charge in [-0.3, -0.25) is 0 Å². The fourth-order valence-electron chi connectivity index (χ4n) is 1.31. The van der Waals surface area contributed by atoms with Gasteiger partial charge in [0.1, 0.15) is 0 Å². The summed E-state index contributed by atoms with van der Waals surface area (Å²) < 4.78 is 0. The standard InChI is InChI=1S/C11H16O4/c1-6(2)5-8(10(12)13)9(7(3)4)11(14)15/h7H,1,5H2,2-4H3,(H,12,13)(H,14,15)/b9-8+. The van der Waals surface area contributed by atoms with E-state index in [0.29, 0.717) is 5.57 Å². The van der Waals surface area contributed by atoms with E-state index in [2.05, 4.69) is 6.58 Å². The molecule has 0 saturated heterocycles. The SMILES string of the molecule is C=C(C)C/C(C(=O)O)=C(\C(=O)O)C(C)C. The van der Waals surface area contributed by atoms with Gasteiger partial charge in [-0.25, -0.2) is 9.59 Å². The van der Waals surface area contributed by atoms with Crippen molar-refractivity contribution >= 4 is 11.9 Å². The zero-order chi connectivity index (χ0) is 12.2. The number of carboxylic acids is 2. The second-order valence-electron chi connectivity index (χ2n) is 3.79. The predicted molar refractivity (Wildman–Crippen MR) is 56.6 cm³/mol. The number of allylic oxidation sites excluding steroid dienone is 1. The molecule has 0 saturated carbocycles. The van der Waals surface area contributed by atoms with Crippen molar-refractivity contribution in [2.75, 3.05) is 0 Å². The Labute approximate surface area is 88.9 Å². The highest BCUT2D eigenvalue weighted by Crippen LogP contribution is 2.20. The van der Waals surface area contributed by atoms with Crippen molar-refractivity contribution in [3.8, 4) is 0 Å². The molecule has 0 aliphatic rings. The number of carbonyl (C=O) groups is 2. The summed E-state index contributed by atoms with van der Waals surface area (Å²) in [6.45, 7) is 8.57. The molecule has 0 amide bonds. The van der Waals surface area contributed by atoms with Gasteiger partial charge in [-0.2, -0.15) is 0 Å². The molecule has 0 aliphatic carbocycles. The molecule has 0 fully saturated rings. The van der Waals surface area contributed by atoms with Gasteiger partial charge in [0.15, 0.2) is 0 Å². The Morgan fingerprint density at radius 3 is 1.87 bits per heavy atom. The Kier molecular flexibility index (Phi) is 4.78. The largest absolute Gasteiger partial charge is 0.478 e. The fourth-order valence-corrected chi connectivity index (χ4v) is 1.31. The van der Waals surface area contributed by atoms with Gasteiger partial charge in [0.2, 0.25) is 0 Å². The summed E-state index contributed by atoms with van der Waals surface area (Å²) >= 11 is 0. The molecule has 0 rings (SSSR count). The Morgan fingerprint density at radius 1 is 1.20 bits per heavy atom. The molecule has 0 aliphatic heterocycles. The van der Waals surface area contributed by atoms with E-state index in [0.717, 1.165) is 0 Å². The molecule has 0 heterocycles. The quantitative estimate of drug-likeness (QED) is 0.540. The van der Waals surface area contributed by atoms with Crippen LogP contribution in [-0.4, -0.2) is 22.2 Å². The minimum Gasteiger partial charge on any atom is -0.478 e. The first-order chi connectivity index (χ1) is 6.77. The third-order valence-electron chi connectivity index (χ3n) is 1.87. The Morgan fingerprint density at radius 2 is 1.67 bits per heavy atom. The van der Waals surface area contributed by atoms with E-state index in [1.807, 2.05) is 0 Å². The topological polar surface area (TPSA) is 74.6 Å². The maximum Gasteiger partial charge on any atom is 0.332 e. The van der Waals surface area contributed by atoms with Crippen molar-refractivity contribution in [1.29, 1.82) is 0 Å². The molecule has 4 heteroatoms. The lowest BCUT2D eigenvalue weighted by atomic mass is 9.93. The molecule has 0 atom stereocenters. The number of hydrogen-bond donors (Lipinski definition) is 2. The van der Waals surface area contributed by atoms with Crippen molar-refractivity contribution < 1.29 is 19.8 Å². The summed E-state index contributed by atoms with van der Waals surface area (Å²) in [5, 5.41) is 17.9. The maximum absolute atomic E-state index is 10.9. The maximum atomic E-state index is 10.9.